The van der Waals surface area contributed by atoms with Gasteiger partial charge in [0.25, 0.3) is 5.91 Å². The number of rotatable bonds is 9. The number of carbonyl (C=O) groups is 3. The topological polar surface area (TPSA) is 105 Å². The molecule has 0 fully saturated rings. The predicted octanol–water partition coefficient (Wildman–Crippen LogP) is 4.27. The number of amides is 3. The Morgan fingerprint density at radius 2 is 1.70 bits per heavy atom. The maximum Gasteiger partial charge on any atom is 0.265 e. The molecule has 2 aromatic carbocycles. The summed E-state index contributed by atoms with van der Waals surface area (Å²) in [5.41, 5.74) is 9.10. The zero-order valence-electron chi connectivity index (χ0n) is 19.1. The molecule has 3 N–H and O–H groups in total. The number of nitrogens with two attached hydrogens (primary N) is 1. The Kier molecular flexibility index (Phi) is 7.95. The van der Waals surface area contributed by atoms with Gasteiger partial charge in [-0.1, -0.05) is 31.2 Å². The summed E-state index contributed by atoms with van der Waals surface area (Å²) in [6.45, 7) is 6.61. The second-order valence-corrected chi connectivity index (χ2v) is 8.61. The van der Waals surface area contributed by atoms with E-state index in [1.54, 1.807) is 29.2 Å². The number of thiazole rings is 1. The van der Waals surface area contributed by atoms with Gasteiger partial charge in [0.2, 0.25) is 11.8 Å². The molecule has 0 unspecified atom stereocenters. The van der Waals surface area contributed by atoms with Gasteiger partial charge < -0.3 is 16.0 Å². The van der Waals surface area contributed by atoms with Crippen molar-refractivity contribution >= 4 is 34.7 Å². The number of nitrogens with one attached hydrogen (secondary N) is 1. The standard InChI is InChI=1S/C25H28N4O3S/c1-4-17-6-8-19(9-7-17)24-27-16(3)22(33-24)25(32)29(5-2)15-14-21(30)28-20-12-10-18(11-13-20)23(26)31/h6-13H,4-5,14-15H2,1-3H3,(H2,26,31)(H,28,30). The van der Waals surface area contributed by atoms with E-state index in [1.807, 2.05) is 26.0 Å². The van der Waals surface area contributed by atoms with Gasteiger partial charge >= 0.3 is 0 Å². The molecule has 0 saturated heterocycles. The van der Waals surface area contributed by atoms with Gasteiger partial charge in [-0.15, -0.1) is 11.3 Å². The van der Waals surface area contributed by atoms with Gasteiger partial charge in [-0.2, -0.15) is 0 Å². The first kappa shape index (κ1) is 24.1. The second-order valence-electron chi connectivity index (χ2n) is 7.61. The van der Waals surface area contributed by atoms with E-state index in [0.717, 1.165) is 17.0 Å². The number of benzene rings is 2. The molecule has 3 amide bonds. The fourth-order valence-electron chi connectivity index (χ4n) is 3.33. The van der Waals surface area contributed by atoms with Crippen LogP contribution in [-0.4, -0.2) is 40.7 Å². The maximum atomic E-state index is 13.1. The minimum Gasteiger partial charge on any atom is -0.366 e. The Labute approximate surface area is 197 Å². The Balaban J connectivity index is 1.63. The van der Waals surface area contributed by atoms with E-state index >= 15 is 0 Å². The number of nitrogens with zero attached hydrogens (tertiary/aromatic N) is 2. The number of hydrogen-bond donors (Lipinski definition) is 2. The van der Waals surface area contributed by atoms with Gasteiger partial charge in [-0.25, -0.2) is 4.98 Å². The maximum absolute atomic E-state index is 13.1. The molecule has 172 valence electrons. The number of hydrogen-bond acceptors (Lipinski definition) is 5. The Hall–Kier alpha value is -3.52. The van der Waals surface area contributed by atoms with E-state index in [4.69, 9.17) is 5.73 Å². The highest BCUT2D eigenvalue weighted by Gasteiger charge is 2.21. The van der Waals surface area contributed by atoms with Gasteiger partial charge in [0.15, 0.2) is 0 Å². The fourth-order valence-corrected chi connectivity index (χ4v) is 4.37. The first-order valence-corrected chi connectivity index (χ1v) is 11.7. The van der Waals surface area contributed by atoms with Crippen molar-refractivity contribution in [2.24, 2.45) is 5.73 Å². The summed E-state index contributed by atoms with van der Waals surface area (Å²) in [7, 11) is 0. The first-order valence-electron chi connectivity index (χ1n) is 10.9. The third-order valence-electron chi connectivity index (χ3n) is 5.33. The fraction of sp³-hybridized carbons (Fsp3) is 0.280. The summed E-state index contributed by atoms with van der Waals surface area (Å²) in [5, 5.41) is 3.59. The lowest BCUT2D eigenvalue weighted by Gasteiger charge is -2.20. The van der Waals surface area contributed by atoms with Crippen molar-refractivity contribution in [3.8, 4) is 10.6 Å². The van der Waals surface area contributed by atoms with Gasteiger partial charge in [-0.3, -0.25) is 14.4 Å². The average molecular weight is 465 g/mol. The van der Waals surface area contributed by atoms with Crippen molar-refractivity contribution in [3.05, 3.63) is 70.2 Å². The molecule has 3 aromatic rings. The van der Waals surface area contributed by atoms with Gasteiger partial charge in [0.05, 0.1) is 5.69 Å². The summed E-state index contributed by atoms with van der Waals surface area (Å²) < 4.78 is 0. The molecule has 0 saturated carbocycles. The SMILES string of the molecule is CCc1ccc(-c2nc(C)c(C(=O)N(CC)CCC(=O)Nc3ccc(C(N)=O)cc3)s2)cc1. The molecule has 7 nitrogen and oxygen atoms in total. The second kappa shape index (κ2) is 10.9. The van der Waals surface area contributed by atoms with Crippen molar-refractivity contribution < 1.29 is 14.4 Å². The third kappa shape index (κ3) is 6.04. The molecule has 33 heavy (non-hydrogen) atoms. The molecule has 1 heterocycles. The van der Waals surface area contributed by atoms with Crippen molar-refractivity contribution in [2.45, 2.75) is 33.6 Å². The van der Waals surface area contributed by atoms with E-state index in [0.29, 0.717) is 34.9 Å². The van der Waals surface area contributed by atoms with Crippen LogP contribution in [0.2, 0.25) is 0 Å². The summed E-state index contributed by atoms with van der Waals surface area (Å²) >= 11 is 1.38. The van der Waals surface area contributed by atoms with Gasteiger partial charge in [-0.05, 0) is 50.1 Å². The highest BCUT2D eigenvalue weighted by molar-refractivity contribution is 7.17. The zero-order valence-corrected chi connectivity index (χ0v) is 19.9. The first-order chi connectivity index (χ1) is 15.8. The number of aromatic nitrogens is 1. The summed E-state index contributed by atoms with van der Waals surface area (Å²) in [6, 6.07) is 14.6. The average Bonchev–Trinajstić information content (AvgIpc) is 3.21. The van der Waals surface area contributed by atoms with Crippen LogP contribution in [0.5, 0.6) is 0 Å². The highest BCUT2D eigenvalue weighted by atomic mass is 32.1. The van der Waals surface area contributed by atoms with Crippen LogP contribution in [0.25, 0.3) is 10.6 Å². The van der Waals surface area contributed by atoms with E-state index in [-0.39, 0.29) is 18.2 Å². The van der Waals surface area contributed by atoms with Gasteiger partial charge in [0.1, 0.15) is 9.88 Å². The van der Waals surface area contributed by atoms with E-state index in [9.17, 15) is 14.4 Å². The molecular weight excluding hydrogens is 436 g/mol. The molecule has 8 heteroatoms. The number of aryl methyl sites for hydroxylation is 2. The highest BCUT2D eigenvalue weighted by Crippen LogP contribution is 2.29. The van der Waals surface area contributed by atoms with Crippen LogP contribution in [0, 0.1) is 6.92 Å². The number of anilines is 1. The van der Waals surface area contributed by atoms with Crippen LogP contribution >= 0.6 is 11.3 Å². The van der Waals surface area contributed by atoms with E-state index < -0.39 is 5.91 Å². The molecule has 0 aliphatic carbocycles. The minimum absolute atomic E-state index is 0.123. The largest absolute Gasteiger partial charge is 0.366 e. The molecule has 0 radical (unpaired) electrons. The Morgan fingerprint density at radius 3 is 2.27 bits per heavy atom. The number of primary amides is 1. The number of carbonyl (C=O) groups excluding carboxylic acids is 3. The third-order valence-corrected chi connectivity index (χ3v) is 6.53. The summed E-state index contributed by atoms with van der Waals surface area (Å²) in [5.74, 6) is -0.863. The molecule has 0 spiro atoms. The lowest BCUT2D eigenvalue weighted by molar-refractivity contribution is -0.116. The molecular formula is C25H28N4O3S. The van der Waals surface area contributed by atoms with Gasteiger partial charge in [0, 0.05) is 36.3 Å². The minimum atomic E-state index is -0.524. The molecule has 1 aromatic heterocycles. The van der Waals surface area contributed by atoms with Crippen LogP contribution in [0.1, 0.15) is 51.6 Å². The Bertz CT molecular complexity index is 1140. The normalized spacial score (nSPS) is 10.6. The van der Waals surface area contributed by atoms with Crippen LogP contribution in [-0.2, 0) is 11.2 Å². The van der Waals surface area contributed by atoms with Crippen LogP contribution in [0.15, 0.2) is 48.5 Å². The van der Waals surface area contributed by atoms with Crippen molar-refractivity contribution in [1.29, 1.82) is 0 Å². The van der Waals surface area contributed by atoms with Crippen LogP contribution in [0.4, 0.5) is 5.69 Å². The molecule has 0 atom stereocenters. The van der Waals surface area contributed by atoms with Crippen molar-refractivity contribution in [1.82, 2.24) is 9.88 Å². The lowest BCUT2D eigenvalue weighted by atomic mass is 10.1. The zero-order chi connectivity index (χ0) is 24.0. The van der Waals surface area contributed by atoms with Crippen molar-refractivity contribution in [2.75, 3.05) is 18.4 Å². The molecule has 0 aliphatic rings. The Morgan fingerprint density at radius 1 is 1.03 bits per heavy atom. The predicted molar refractivity (Wildman–Crippen MR) is 131 cm³/mol. The van der Waals surface area contributed by atoms with E-state index in [1.165, 1.54) is 16.9 Å². The smallest absolute Gasteiger partial charge is 0.265 e. The molecule has 0 aliphatic heterocycles. The summed E-state index contributed by atoms with van der Waals surface area (Å²) in [6.07, 6.45) is 1.12. The van der Waals surface area contributed by atoms with Crippen LogP contribution in [0.3, 0.4) is 0 Å². The molecule has 3 rings (SSSR count). The lowest BCUT2D eigenvalue weighted by Crippen LogP contribution is -2.33. The van der Waals surface area contributed by atoms with Crippen LogP contribution < -0.4 is 11.1 Å². The van der Waals surface area contributed by atoms with E-state index in [2.05, 4.69) is 29.4 Å². The monoisotopic (exact) mass is 464 g/mol. The molecule has 0 bridgehead atoms. The van der Waals surface area contributed by atoms with Crippen molar-refractivity contribution in [3.63, 3.8) is 0 Å². The summed E-state index contributed by atoms with van der Waals surface area (Å²) in [4.78, 5) is 43.5. The quantitative estimate of drug-likeness (QED) is 0.493.